The number of esters is 1. The third kappa shape index (κ3) is 3.98. The van der Waals surface area contributed by atoms with E-state index in [4.69, 9.17) is 4.74 Å². The molecule has 0 radical (unpaired) electrons. The Kier molecular flexibility index (Phi) is 6.24. The highest BCUT2D eigenvalue weighted by atomic mass is 16.5. The molecular formula is C23H24O5. The lowest BCUT2D eigenvalue weighted by Crippen LogP contribution is -2.22. The Morgan fingerprint density at radius 2 is 1.50 bits per heavy atom. The van der Waals surface area contributed by atoms with Gasteiger partial charge in [-0.1, -0.05) is 63.3 Å². The van der Waals surface area contributed by atoms with Crippen molar-refractivity contribution in [1.82, 2.24) is 0 Å². The molecule has 0 bridgehead atoms. The summed E-state index contributed by atoms with van der Waals surface area (Å²) in [7, 11) is 0. The van der Waals surface area contributed by atoms with Crippen LogP contribution in [0.3, 0.4) is 0 Å². The fourth-order valence-electron chi connectivity index (χ4n) is 3.46. The molecule has 1 aliphatic carbocycles. The lowest BCUT2D eigenvalue weighted by Gasteiger charge is -2.20. The minimum atomic E-state index is -0.515. The molecular weight excluding hydrogens is 356 g/mol. The Labute approximate surface area is 164 Å². The van der Waals surface area contributed by atoms with E-state index in [9.17, 15) is 19.5 Å². The number of ketones is 2. The van der Waals surface area contributed by atoms with Crippen molar-refractivity contribution in [3.8, 4) is 11.5 Å². The van der Waals surface area contributed by atoms with Crippen molar-refractivity contribution in [2.45, 2.75) is 51.9 Å². The predicted molar refractivity (Wildman–Crippen MR) is 105 cm³/mol. The standard InChI is InChI=1S/C23H24O5/c1-2-3-4-5-6-7-12-19(25)28-23-18(24)14-13-17-20(23)22(27)16-11-9-8-10-15(16)21(17)26/h8-11,13-14,24H,2-7,12H2,1H3. The summed E-state index contributed by atoms with van der Waals surface area (Å²) in [5.74, 6) is -1.81. The van der Waals surface area contributed by atoms with Crippen LogP contribution in [0.4, 0.5) is 0 Å². The highest BCUT2D eigenvalue weighted by Gasteiger charge is 2.34. The van der Waals surface area contributed by atoms with Crippen LogP contribution in [0.5, 0.6) is 11.5 Å². The molecule has 0 unspecified atom stereocenters. The van der Waals surface area contributed by atoms with E-state index >= 15 is 0 Å². The molecule has 0 fully saturated rings. The molecule has 0 aliphatic heterocycles. The molecule has 1 aliphatic rings. The van der Waals surface area contributed by atoms with E-state index in [-0.39, 0.29) is 40.4 Å². The largest absolute Gasteiger partial charge is 0.504 e. The van der Waals surface area contributed by atoms with Crippen LogP contribution in [-0.4, -0.2) is 22.6 Å². The number of phenolic OH excluding ortho intramolecular Hbond substituents is 1. The Bertz CT molecular complexity index is 913. The highest BCUT2D eigenvalue weighted by molar-refractivity contribution is 6.29. The maximum atomic E-state index is 12.9. The van der Waals surface area contributed by atoms with Crippen LogP contribution in [0.15, 0.2) is 36.4 Å². The van der Waals surface area contributed by atoms with E-state index in [2.05, 4.69) is 6.92 Å². The average Bonchev–Trinajstić information content (AvgIpc) is 2.70. The first kappa shape index (κ1) is 19.8. The normalized spacial score (nSPS) is 12.5. The number of phenols is 1. The van der Waals surface area contributed by atoms with Crippen molar-refractivity contribution in [3.05, 3.63) is 58.7 Å². The maximum absolute atomic E-state index is 12.9. The van der Waals surface area contributed by atoms with Crippen LogP contribution >= 0.6 is 0 Å². The predicted octanol–water partition coefficient (Wildman–Crippen LogP) is 4.82. The van der Waals surface area contributed by atoms with Crippen molar-refractivity contribution in [2.75, 3.05) is 0 Å². The van der Waals surface area contributed by atoms with Gasteiger partial charge in [-0.25, -0.2) is 0 Å². The summed E-state index contributed by atoms with van der Waals surface area (Å²) >= 11 is 0. The van der Waals surface area contributed by atoms with Gasteiger partial charge < -0.3 is 9.84 Å². The molecule has 0 heterocycles. The van der Waals surface area contributed by atoms with Crippen LogP contribution in [0.1, 0.15) is 83.7 Å². The molecule has 0 spiro atoms. The minimum Gasteiger partial charge on any atom is -0.504 e. The van der Waals surface area contributed by atoms with Crippen LogP contribution in [0.25, 0.3) is 0 Å². The molecule has 0 atom stereocenters. The number of rotatable bonds is 8. The van der Waals surface area contributed by atoms with Crippen molar-refractivity contribution in [1.29, 1.82) is 0 Å². The molecule has 0 saturated carbocycles. The number of carbonyl (C=O) groups is 3. The summed E-state index contributed by atoms with van der Waals surface area (Å²) in [5.41, 5.74) is 0.665. The Morgan fingerprint density at radius 1 is 0.857 bits per heavy atom. The molecule has 2 aromatic rings. The quantitative estimate of drug-likeness (QED) is 0.344. The Balaban J connectivity index is 1.77. The van der Waals surface area contributed by atoms with E-state index in [1.165, 1.54) is 18.6 Å². The second-order valence-electron chi connectivity index (χ2n) is 7.03. The summed E-state index contributed by atoms with van der Waals surface area (Å²) < 4.78 is 5.34. The van der Waals surface area contributed by atoms with Crippen LogP contribution < -0.4 is 4.74 Å². The maximum Gasteiger partial charge on any atom is 0.311 e. The summed E-state index contributed by atoms with van der Waals surface area (Å²) in [6.45, 7) is 2.15. The number of fused-ring (bicyclic) bond motifs is 2. The van der Waals surface area contributed by atoms with Crippen molar-refractivity contribution in [2.24, 2.45) is 0 Å². The summed E-state index contributed by atoms with van der Waals surface area (Å²) in [6.07, 6.45) is 6.38. The topological polar surface area (TPSA) is 80.7 Å². The van der Waals surface area contributed by atoms with Crippen LogP contribution in [-0.2, 0) is 4.79 Å². The monoisotopic (exact) mass is 380 g/mol. The lowest BCUT2D eigenvalue weighted by atomic mass is 9.83. The second kappa shape index (κ2) is 8.83. The molecule has 146 valence electrons. The van der Waals surface area contributed by atoms with Crippen molar-refractivity contribution < 1.29 is 24.2 Å². The van der Waals surface area contributed by atoms with Crippen molar-refractivity contribution in [3.63, 3.8) is 0 Å². The zero-order valence-electron chi connectivity index (χ0n) is 16.0. The van der Waals surface area contributed by atoms with Crippen LogP contribution in [0.2, 0.25) is 0 Å². The van der Waals surface area contributed by atoms with E-state index in [0.717, 1.165) is 25.7 Å². The number of ether oxygens (including phenoxy) is 1. The molecule has 2 aromatic carbocycles. The van der Waals surface area contributed by atoms with Gasteiger partial charge in [0.25, 0.3) is 0 Å². The van der Waals surface area contributed by atoms with Gasteiger partial charge in [0.2, 0.25) is 0 Å². The van der Waals surface area contributed by atoms with Gasteiger partial charge in [0, 0.05) is 23.1 Å². The fraction of sp³-hybridized carbons (Fsp3) is 0.348. The minimum absolute atomic E-state index is 0.0417. The Morgan fingerprint density at radius 3 is 2.21 bits per heavy atom. The summed E-state index contributed by atoms with van der Waals surface area (Å²) in [4.78, 5) is 37.9. The first-order valence-electron chi connectivity index (χ1n) is 9.79. The van der Waals surface area contributed by atoms with Gasteiger partial charge in [-0.2, -0.15) is 0 Å². The molecule has 3 rings (SSSR count). The zero-order chi connectivity index (χ0) is 20.1. The van der Waals surface area contributed by atoms with Gasteiger partial charge in [0.05, 0.1) is 5.56 Å². The highest BCUT2D eigenvalue weighted by Crippen LogP contribution is 2.39. The SMILES string of the molecule is CCCCCCCCC(=O)Oc1c(O)ccc2c1C(=O)c1ccccc1C2=O. The first-order chi connectivity index (χ1) is 13.5. The molecule has 0 amide bonds. The van der Waals surface area contributed by atoms with Crippen molar-refractivity contribution >= 4 is 17.5 Å². The number of carbonyl (C=O) groups excluding carboxylic acids is 3. The summed E-state index contributed by atoms with van der Waals surface area (Å²) in [6, 6.07) is 9.19. The number of aromatic hydroxyl groups is 1. The molecule has 5 heteroatoms. The van der Waals surface area contributed by atoms with Crippen LogP contribution in [0, 0.1) is 0 Å². The summed E-state index contributed by atoms with van der Waals surface area (Å²) in [5, 5.41) is 10.2. The number of unbranched alkanes of at least 4 members (excludes halogenated alkanes) is 5. The second-order valence-corrected chi connectivity index (χ2v) is 7.03. The molecule has 5 nitrogen and oxygen atoms in total. The molecule has 1 N–H and O–H groups in total. The molecule has 0 aromatic heterocycles. The lowest BCUT2D eigenvalue weighted by molar-refractivity contribution is -0.134. The third-order valence-electron chi connectivity index (χ3n) is 4.98. The van der Waals surface area contributed by atoms with E-state index in [0.29, 0.717) is 12.0 Å². The van der Waals surface area contributed by atoms with E-state index in [1.807, 2.05) is 0 Å². The van der Waals surface area contributed by atoms with E-state index < -0.39 is 11.8 Å². The number of benzene rings is 2. The third-order valence-corrected chi connectivity index (χ3v) is 4.98. The molecule has 28 heavy (non-hydrogen) atoms. The number of hydrogen-bond acceptors (Lipinski definition) is 5. The molecule has 0 saturated heterocycles. The fourth-order valence-corrected chi connectivity index (χ4v) is 3.46. The Hall–Kier alpha value is -2.95. The van der Waals surface area contributed by atoms with Gasteiger partial charge >= 0.3 is 5.97 Å². The van der Waals surface area contributed by atoms with Gasteiger partial charge in [-0.15, -0.1) is 0 Å². The first-order valence-corrected chi connectivity index (χ1v) is 9.79. The smallest absolute Gasteiger partial charge is 0.311 e. The van der Waals surface area contributed by atoms with Gasteiger partial charge in [0.1, 0.15) is 0 Å². The number of hydrogen-bond donors (Lipinski definition) is 1. The van der Waals surface area contributed by atoms with E-state index in [1.54, 1.807) is 24.3 Å². The van der Waals surface area contributed by atoms with Gasteiger partial charge in [0.15, 0.2) is 23.1 Å². The van der Waals surface area contributed by atoms with Gasteiger partial charge in [-0.3, -0.25) is 14.4 Å². The average molecular weight is 380 g/mol. The zero-order valence-corrected chi connectivity index (χ0v) is 16.0. The van der Waals surface area contributed by atoms with Gasteiger partial charge in [-0.05, 0) is 18.6 Å².